The van der Waals surface area contributed by atoms with Gasteiger partial charge >= 0.3 is 5.63 Å². The summed E-state index contributed by atoms with van der Waals surface area (Å²) >= 11 is 0. The van der Waals surface area contributed by atoms with Crippen LogP contribution in [0.1, 0.15) is 76.7 Å². The van der Waals surface area contributed by atoms with Crippen molar-refractivity contribution < 1.29 is 14.3 Å². The molecule has 4 aliphatic carbocycles. The maximum Gasteiger partial charge on any atom is 0.335 e. The normalized spacial score (nSPS) is 54.2. The number of rotatable bonds is 1. The third kappa shape index (κ3) is 2.01. The first-order valence-electron chi connectivity index (χ1n) is 11.3. The molecule has 4 nitrogen and oxygen atoms in total. The molecule has 9 atom stereocenters. The Morgan fingerprint density at radius 3 is 2.68 bits per heavy atom. The van der Waals surface area contributed by atoms with E-state index >= 15 is 0 Å². The highest BCUT2D eigenvalue weighted by atomic mass is 16.6. The molecule has 28 heavy (non-hydrogen) atoms. The molecule has 1 saturated heterocycles. The number of hydrogen-bond donors (Lipinski definition) is 1. The van der Waals surface area contributed by atoms with Gasteiger partial charge in [-0.25, -0.2) is 4.79 Å². The summed E-state index contributed by atoms with van der Waals surface area (Å²) in [6.07, 6.45) is 11.1. The lowest BCUT2D eigenvalue weighted by Gasteiger charge is -2.61. The first-order chi connectivity index (χ1) is 13.4. The van der Waals surface area contributed by atoms with Crippen LogP contribution in [0.5, 0.6) is 0 Å². The smallest absolute Gasteiger partial charge is 0.335 e. The van der Waals surface area contributed by atoms with Crippen LogP contribution in [0, 0.1) is 28.6 Å². The fraction of sp³-hybridized carbons (Fsp3) is 0.792. The molecule has 1 aliphatic heterocycles. The second-order valence-corrected chi connectivity index (χ2v) is 11.0. The summed E-state index contributed by atoms with van der Waals surface area (Å²) in [5.74, 6) is 2.48. The van der Waals surface area contributed by atoms with Gasteiger partial charge in [-0.3, -0.25) is 0 Å². The van der Waals surface area contributed by atoms with Crippen molar-refractivity contribution in [2.45, 2.75) is 88.9 Å². The lowest BCUT2D eigenvalue weighted by molar-refractivity contribution is -0.139. The number of aliphatic hydroxyl groups excluding tert-OH is 1. The van der Waals surface area contributed by atoms with Crippen LogP contribution in [0.25, 0.3) is 0 Å². The monoisotopic (exact) mass is 384 g/mol. The van der Waals surface area contributed by atoms with Gasteiger partial charge in [0.15, 0.2) is 0 Å². The first-order valence-corrected chi connectivity index (χ1v) is 11.3. The standard InChI is InChI=1S/C24H32O4/c1-22-9-7-16(25)11-15(22)4-5-18-17(22)8-10-23(2)19(12-20-24(18,23)28-20)14-3-6-21(26)27-13-14/h3,6,13,15-20,25H,4-5,7-12H2,1-2H3/t15-,16+,17?,18?,19?,20?,22+,23-,24?/m1/s1. The number of hydrogen-bond acceptors (Lipinski definition) is 4. The van der Waals surface area contributed by atoms with Crippen molar-refractivity contribution >= 4 is 0 Å². The van der Waals surface area contributed by atoms with Gasteiger partial charge in [0.2, 0.25) is 0 Å². The highest BCUT2D eigenvalue weighted by Gasteiger charge is 2.80. The molecule has 1 aromatic heterocycles. The molecular weight excluding hydrogens is 352 g/mol. The molecule has 0 aromatic carbocycles. The molecule has 5 fully saturated rings. The van der Waals surface area contributed by atoms with Crippen molar-refractivity contribution in [3.05, 3.63) is 34.4 Å². The summed E-state index contributed by atoms with van der Waals surface area (Å²) < 4.78 is 11.8. The lowest BCUT2D eigenvalue weighted by atomic mass is 9.44. The summed E-state index contributed by atoms with van der Waals surface area (Å²) in [7, 11) is 0. The van der Waals surface area contributed by atoms with E-state index in [1.165, 1.54) is 37.7 Å². The fourth-order valence-corrected chi connectivity index (χ4v) is 8.74. The number of ether oxygens (including phenoxy) is 1. The van der Waals surface area contributed by atoms with Crippen LogP contribution in [-0.2, 0) is 4.74 Å². The molecule has 1 spiro atoms. The summed E-state index contributed by atoms with van der Waals surface area (Å²) in [6.45, 7) is 4.97. The van der Waals surface area contributed by atoms with Gasteiger partial charge < -0.3 is 14.3 Å². The van der Waals surface area contributed by atoms with Gasteiger partial charge in [-0.2, -0.15) is 0 Å². The van der Waals surface area contributed by atoms with Crippen molar-refractivity contribution in [3.63, 3.8) is 0 Å². The molecular formula is C24H32O4. The van der Waals surface area contributed by atoms with Crippen molar-refractivity contribution in [2.75, 3.05) is 0 Å². The topological polar surface area (TPSA) is 63.0 Å². The number of epoxide rings is 1. The van der Waals surface area contributed by atoms with Crippen molar-refractivity contribution in [1.82, 2.24) is 0 Å². The molecule has 6 rings (SSSR count). The van der Waals surface area contributed by atoms with Gasteiger partial charge in [0.25, 0.3) is 0 Å². The average molecular weight is 385 g/mol. The van der Waals surface area contributed by atoms with E-state index in [1.54, 1.807) is 12.3 Å². The van der Waals surface area contributed by atoms with Crippen LogP contribution >= 0.6 is 0 Å². The minimum Gasteiger partial charge on any atom is -0.431 e. The van der Waals surface area contributed by atoms with E-state index < -0.39 is 0 Å². The quantitative estimate of drug-likeness (QED) is 0.735. The van der Waals surface area contributed by atoms with E-state index in [9.17, 15) is 9.90 Å². The van der Waals surface area contributed by atoms with E-state index in [1.807, 2.05) is 6.07 Å². The van der Waals surface area contributed by atoms with E-state index in [2.05, 4.69) is 13.8 Å². The zero-order chi connectivity index (χ0) is 19.3. The number of aliphatic hydroxyl groups is 1. The molecule has 0 bridgehead atoms. The molecule has 152 valence electrons. The van der Waals surface area contributed by atoms with E-state index in [4.69, 9.17) is 9.15 Å². The SMILES string of the molecule is C[C@]12CC[C@H](O)C[C@H]1CCC1C2CC[C@]2(C)C(c3ccc(=O)oc3)CC3OC312. The Hall–Kier alpha value is -1.13. The Morgan fingerprint density at radius 1 is 1.04 bits per heavy atom. The molecule has 2 heterocycles. The van der Waals surface area contributed by atoms with Gasteiger partial charge in [0.05, 0.1) is 18.5 Å². The fourth-order valence-electron chi connectivity index (χ4n) is 8.74. The van der Waals surface area contributed by atoms with Crippen molar-refractivity contribution in [1.29, 1.82) is 0 Å². The lowest BCUT2D eigenvalue weighted by Crippen LogP contribution is -2.58. The maximum absolute atomic E-state index is 11.4. The predicted octanol–water partition coefficient (Wildman–Crippen LogP) is 4.26. The van der Waals surface area contributed by atoms with Crippen LogP contribution in [0.2, 0.25) is 0 Å². The van der Waals surface area contributed by atoms with Gasteiger partial charge in [0.1, 0.15) is 5.60 Å². The van der Waals surface area contributed by atoms with Crippen LogP contribution < -0.4 is 5.63 Å². The molecule has 5 aliphatic rings. The predicted molar refractivity (Wildman–Crippen MR) is 105 cm³/mol. The maximum atomic E-state index is 11.4. The van der Waals surface area contributed by atoms with E-state index in [0.29, 0.717) is 29.3 Å². The van der Waals surface area contributed by atoms with Crippen LogP contribution in [0.15, 0.2) is 27.6 Å². The Bertz CT molecular complexity index is 842. The van der Waals surface area contributed by atoms with Gasteiger partial charge in [-0.15, -0.1) is 0 Å². The Kier molecular flexibility index (Phi) is 3.49. The number of fused-ring (bicyclic) bond motifs is 3. The third-order valence-corrected chi connectivity index (χ3v) is 10.2. The summed E-state index contributed by atoms with van der Waals surface area (Å²) in [5.41, 5.74) is 1.44. The van der Waals surface area contributed by atoms with Gasteiger partial charge in [-0.05, 0) is 92.1 Å². The Labute approximate surface area is 166 Å². The third-order valence-electron chi connectivity index (χ3n) is 10.2. The molecule has 5 unspecified atom stereocenters. The molecule has 4 heteroatoms. The summed E-state index contributed by atoms with van der Waals surface area (Å²) in [5, 5.41) is 10.2. The molecule has 0 amide bonds. The molecule has 0 radical (unpaired) electrons. The first kappa shape index (κ1) is 17.7. The molecule has 4 saturated carbocycles. The van der Waals surface area contributed by atoms with Crippen LogP contribution in [0.4, 0.5) is 0 Å². The largest absolute Gasteiger partial charge is 0.431 e. The van der Waals surface area contributed by atoms with E-state index in [0.717, 1.165) is 25.2 Å². The van der Waals surface area contributed by atoms with Crippen LogP contribution in [-0.4, -0.2) is 22.9 Å². The second kappa shape index (κ2) is 5.51. The zero-order valence-electron chi connectivity index (χ0n) is 17.0. The zero-order valence-corrected chi connectivity index (χ0v) is 17.0. The van der Waals surface area contributed by atoms with Gasteiger partial charge in [-0.1, -0.05) is 13.8 Å². The average Bonchev–Trinajstić information content (AvgIpc) is 3.33. The molecule has 1 N–H and O–H groups in total. The minimum atomic E-state index is -0.266. The summed E-state index contributed by atoms with van der Waals surface area (Å²) in [6, 6.07) is 3.55. The van der Waals surface area contributed by atoms with Crippen LogP contribution in [0.3, 0.4) is 0 Å². The van der Waals surface area contributed by atoms with Crippen molar-refractivity contribution in [2.24, 2.45) is 28.6 Å². The summed E-state index contributed by atoms with van der Waals surface area (Å²) in [4.78, 5) is 11.4. The van der Waals surface area contributed by atoms with Crippen molar-refractivity contribution in [3.8, 4) is 0 Å². The second-order valence-electron chi connectivity index (χ2n) is 11.0. The highest BCUT2D eigenvalue weighted by Crippen LogP contribution is 2.77. The molecule has 1 aromatic rings. The van der Waals surface area contributed by atoms with Gasteiger partial charge in [0, 0.05) is 11.5 Å². The highest BCUT2D eigenvalue weighted by molar-refractivity contribution is 5.35. The van der Waals surface area contributed by atoms with E-state index in [-0.39, 0.29) is 22.7 Å². The Balaban J connectivity index is 1.36. The minimum absolute atomic E-state index is 0.0285. The Morgan fingerprint density at radius 2 is 1.89 bits per heavy atom.